The maximum Gasteiger partial charge on any atom is 0.147 e. The van der Waals surface area contributed by atoms with Crippen LogP contribution >= 0.6 is 39.3 Å². The van der Waals surface area contributed by atoms with E-state index in [4.69, 9.17) is 16.7 Å². The normalized spacial score (nSPS) is 12.9. The lowest BCUT2D eigenvalue weighted by Gasteiger charge is -2.07. The lowest BCUT2D eigenvalue weighted by Crippen LogP contribution is -2.03. The molecule has 1 heterocycles. The zero-order chi connectivity index (χ0) is 10.6. The van der Waals surface area contributed by atoms with Crippen LogP contribution in [0.5, 0.6) is 0 Å². The minimum absolute atomic E-state index is 0.184. The molecule has 1 atom stereocenters. The fourth-order valence-electron chi connectivity index (χ4n) is 0.708. The fourth-order valence-corrected chi connectivity index (χ4v) is 2.34. The Hall–Kier alpha value is 0.160. The molecule has 0 aliphatic heterocycles. The van der Waals surface area contributed by atoms with Gasteiger partial charge in [0.15, 0.2) is 0 Å². The molecule has 0 aliphatic carbocycles. The van der Waals surface area contributed by atoms with Crippen molar-refractivity contribution >= 4 is 39.3 Å². The second kappa shape index (κ2) is 5.90. The Morgan fingerprint density at radius 3 is 3.00 bits per heavy atom. The average molecular weight is 298 g/mol. The fraction of sp³-hybridized carbons (Fsp3) is 0.500. The number of hydrogen-bond donors (Lipinski definition) is 1. The van der Waals surface area contributed by atoms with E-state index >= 15 is 0 Å². The van der Waals surface area contributed by atoms with Crippen LogP contribution in [-0.4, -0.2) is 27.4 Å². The molecule has 3 nitrogen and oxygen atoms in total. The van der Waals surface area contributed by atoms with Gasteiger partial charge in [-0.15, -0.1) is 11.8 Å². The Labute approximate surface area is 100 Å². The zero-order valence-corrected chi connectivity index (χ0v) is 10.7. The molecular formula is C8H10BrClN2OS. The van der Waals surface area contributed by atoms with E-state index in [0.29, 0.717) is 5.15 Å². The number of aromatic nitrogens is 2. The largest absolute Gasteiger partial charge is 0.396 e. The molecule has 0 aliphatic rings. The Bertz CT molecular complexity index is 313. The van der Waals surface area contributed by atoms with Crippen LogP contribution in [0.3, 0.4) is 0 Å². The molecule has 0 aromatic carbocycles. The molecule has 0 amide bonds. The summed E-state index contributed by atoms with van der Waals surface area (Å²) in [5.74, 6) is 1.06. The first kappa shape index (κ1) is 12.2. The van der Waals surface area contributed by atoms with Gasteiger partial charge in [0.25, 0.3) is 0 Å². The molecule has 78 valence electrons. The quantitative estimate of drug-likeness (QED) is 0.685. The van der Waals surface area contributed by atoms with Crippen LogP contribution in [0, 0.1) is 5.92 Å². The molecular weight excluding hydrogens is 288 g/mol. The van der Waals surface area contributed by atoms with Gasteiger partial charge in [-0.2, -0.15) is 0 Å². The summed E-state index contributed by atoms with van der Waals surface area (Å²) in [7, 11) is 0. The summed E-state index contributed by atoms with van der Waals surface area (Å²) >= 11 is 10.7. The van der Waals surface area contributed by atoms with Crippen LogP contribution in [-0.2, 0) is 0 Å². The van der Waals surface area contributed by atoms with Crippen molar-refractivity contribution in [1.29, 1.82) is 0 Å². The van der Waals surface area contributed by atoms with Gasteiger partial charge in [-0.3, -0.25) is 0 Å². The summed E-state index contributed by atoms with van der Waals surface area (Å²) < 4.78 is 0.719. The molecule has 0 bridgehead atoms. The monoisotopic (exact) mass is 296 g/mol. The zero-order valence-electron chi connectivity index (χ0n) is 7.57. The minimum atomic E-state index is 0.184. The number of aliphatic hydroxyl groups is 1. The van der Waals surface area contributed by atoms with Gasteiger partial charge in [-0.05, 0) is 21.8 Å². The number of nitrogens with zero attached hydrogens (tertiary/aromatic N) is 2. The van der Waals surface area contributed by atoms with Crippen LogP contribution in [0.15, 0.2) is 15.8 Å². The maximum absolute atomic E-state index is 8.85. The topological polar surface area (TPSA) is 46.0 Å². The number of thioether (sulfide) groups is 1. The van der Waals surface area contributed by atoms with Crippen molar-refractivity contribution in [2.45, 2.75) is 11.9 Å². The van der Waals surface area contributed by atoms with Crippen LogP contribution < -0.4 is 0 Å². The molecule has 0 radical (unpaired) electrons. The van der Waals surface area contributed by atoms with E-state index in [0.717, 1.165) is 15.3 Å². The average Bonchev–Trinajstić information content (AvgIpc) is 2.20. The highest BCUT2D eigenvalue weighted by molar-refractivity contribution is 9.10. The van der Waals surface area contributed by atoms with Crippen molar-refractivity contribution in [2.24, 2.45) is 5.92 Å². The summed E-state index contributed by atoms with van der Waals surface area (Å²) in [5, 5.41) is 10.1. The third-order valence-corrected chi connectivity index (χ3v) is 4.38. The predicted octanol–water partition coefficient (Wildman–Crippen LogP) is 2.61. The summed E-state index contributed by atoms with van der Waals surface area (Å²) in [6, 6.07) is 0. The van der Waals surface area contributed by atoms with E-state index in [1.165, 1.54) is 6.33 Å². The third-order valence-electron chi connectivity index (χ3n) is 1.53. The Morgan fingerprint density at radius 1 is 1.64 bits per heavy atom. The molecule has 1 rings (SSSR count). The second-order valence-electron chi connectivity index (χ2n) is 2.88. The van der Waals surface area contributed by atoms with Gasteiger partial charge in [0.2, 0.25) is 0 Å². The molecule has 0 spiro atoms. The first-order chi connectivity index (χ1) is 6.65. The SMILES string of the molecule is CC(CO)CSc1ncnc(Cl)c1Br. The van der Waals surface area contributed by atoms with Crippen LogP contribution in [0.25, 0.3) is 0 Å². The van der Waals surface area contributed by atoms with E-state index in [2.05, 4.69) is 25.9 Å². The van der Waals surface area contributed by atoms with E-state index in [1.807, 2.05) is 6.92 Å². The Balaban J connectivity index is 2.63. The van der Waals surface area contributed by atoms with E-state index in [-0.39, 0.29) is 12.5 Å². The third kappa shape index (κ3) is 3.38. The van der Waals surface area contributed by atoms with Gasteiger partial charge in [0.05, 0.1) is 4.47 Å². The number of halogens is 2. The van der Waals surface area contributed by atoms with Crippen molar-refractivity contribution in [3.63, 3.8) is 0 Å². The molecule has 0 saturated heterocycles. The van der Waals surface area contributed by atoms with Crippen LogP contribution in [0.1, 0.15) is 6.92 Å². The molecule has 1 N–H and O–H groups in total. The summed E-state index contributed by atoms with van der Waals surface area (Å²) in [6.07, 6.45) is 1.43. The Kier molecular flexibility index (Phi) is 5.15. The maximum atomic E-state index is 8.85. The molecule has 0 fully saturated rings. The van der Waals surface area contributed by atoms with Crippen LogP contribution in [0.4, 0.5) is 0 Å². The molecule has 1 aromatic heterocycles. The summed E-state index contributed by atoms with van der Waals surface area (Å²) in [4.78, 5) is 7.92. The van der Waals surface area contributed by atoms with Crippen molar-refractivity contribution < 1.29 is 5.11 Å². The highest BCUT2D eigenvalue weighted by Gasteiger charge is 2.08. The van der Waals surface area contributed by atoms with Gasteiger partial charge < -0.3 is 5.11 Å². The highest BCUT2D eigenvalue weighted by atomic mass is 79.9. The first-order valence-electron chi connectivity index (χ1n) is 4.04. The highest BCUT2D eigenvalue weighted by Crippen LogP contribution is 2.30. The van der Waals surface area contributed by atoms with Crippen molar-refractivity contribution in [1.82, 2.24) is 9.97 Å². The van der Waals surface area contributed by atoms with Crippen molar-refractivity contribution in [3.05, 3.63) is 16.0 Å². The summed E-state index contributed by atoms with van der Waals surface area (Å²) in [5.41, 5.74) is 0. The second-order valence-corrected chi connectivity index (χ2v) is 5.04. The predicted molar refractivity (Wildman–Crippen MR) is 61.7 cm³/mol. The molecule has 14 heavy (non-hydrogen) atoms. The van der Waals surface area contributed by atoms with Gasteiger partial charge >= 0.3 is 0 Å². The lowest BCUT2D eigenvalue weighted by atomic mass is 10.2. The van der Waals surface area contributed by atoms with Crippen molar-refractivity contribution in [2.75, 3.05) is 12.4 Å². The smallest absolute Gasteiger partial charge is 0.147 e. The van der Waals surface area contributed by atoms with Gasteiger partial charge in [0, 0.05) is 12.4 Å². The summed E-state index contributed by atoms with van der Waals surface area (Å²) in [6.45, 7) is 2.16. The van der Waals surface area contributed by atoms with E-state index in [1.54, 1.807) is 11.8 Å². The number of hydrogen-bond acceptors (Lipinski definition) is 4. The number of aliphatic hydroxyl groups excluding tert-OH is 1. The lowest BCUT2D eigenvalue weighted by molar-refractivity contribution is 0.250. The van der Waals surface area contributed by atoms with Gasteiger partial charge in [-0.25, -0.2) is 9.97 Å². The van der Waals surface area contributed by atoms with Crippen molar-refractivity contribution in [3.8, 4) is 0 Å². The Morgan fingerprint density at radius 2 is 2.36 bits per heavy atom. The number of rotatable bonds is 4. The van der Waals surface area contributed by atoms with E-state index < -0.39 is 0 Å². The standard InChI is InChI=1S/C8H10BrClN2OS/c1-5(2-13)3-14-8-6(9)7(10)11-4-12-8/h4-5,13H,2-3H2,1H3. The minimum Gasteiger partial charge on any atom is -0.396 e. The molecule has 6 heteroatoms. The molecule has 0 saturated carbocycles. The van der Waals surface area contributed by atoms with Gasteiger partial charge in [-0.1, -0.05) is 18.5 Å². The van der Waals surface area contributed by atoms with Gasteiger partial charge in [0.1, 0.15) is 16.5 Å². The first-order valence-corrected chi connectivity index (χ1v) is 6.20. The molecule has 1 unspecified atom stereocenters. The molecule has 1 aromatic rings. The van der Waals surface area contributed by atoms with Crippen LogP contribution in [0.2, 0.25) is 5.15 Å². The van der Waals surface area contributed by atoms with E-state index in [9.17, 15) is 0 Å².